The van der Waals surface area contributed by atoms with Crippen molar-refractivity contribution >= 4 is 12.0 Å². The first-order chi connectivity index (χ1) is 8.27. The van der Waals surface area contributed by atoms with E-state index in [1.807, 2.05) is 24.3 Å². The van der Waals surface area contributed by atoms with Gasteiger partial charge in [-0.3, -0.25) is 4.79 Å². The SMILES string of the molecule is COCCNC(=O)C=Cc1ccccc1OC. The molecule has 4 nitrogen and oxygen atoms in total. The molecule has 0 radical (unpaired) electrons. The van der Waals surface area contributed by atoms with Crippen molar-refractivity contribution in [1.82, 2.24) is 5.32 Å². The Morgan fingerprint density at radius 3 is 2.82 bits per heavy atom. The van der Waals surface area contributed by atoms with Gasteiger partial charge in [0.25, 0.3) is 0 Å². The van der Waals surface area contributed by atoms with Gasteiger partial charge in [-0.1, -0.05) is 18.2 Å². The molecule has 0 unspecified atom stereocenters. The Hall–Kier alpha value is -1.81. The zero-order valence-electron chi connectivity index (χ0n) is 10.1. The van der Waals surface area contributed by atoms with E-state index in [0.29, 0.717) is 13.2 Å². The summed E-state index contributed by atoms with van der Waals surface area (Å²) in [5, 5.41) is 2.70. The van der Waals surface area contributed by atoms with Gasteiger partial charge in [0.15, 0.2) is 0 Å². The van der Waals surface area contributed by atoms with Gasteiger partial charge in [0.1, 0.15) is 5.75 Å². The van der Waals surface area contributed by atoms with E-state index in [-0.39, 0.29) is 5.91 Å². The fourth-order valence-electron chi connectivity index (χ4n) is 1.30. The van der Waals surface area contributed by atoms with Gasteiger partial charge in [-0.2, -0.15) is 0 Å². The highest BCUT2D eigenvalue weighted by Gasteiger charge is 1.98. The Labute approximate surface area is 101 Å². The number of methoxy groups -OCH3 is 2. The van der Waals surface area contributed by atoms with E-state index in [1.165, 1.54) is 6.08 Å². The van der Waals surface area contributed by atoms with E-state index in [9.17, 15) is 4.79 Å². The van der Waals surface area contributed by atoms with Crippen LogP contribution < -0.4 is 10.1 Å². The van der Waals surface area contributed by atoms with E-state index < -0.39 is 0 Å². The molecule has 0 heterocycles. The quantitative estimate of drug-likeness (QED) is 0.600. The van der Waals surface area contributed by atoms with Crippen molar-refractivity contribution in [2.24, 2.45) is 0 Å². The van der Waals surface area contributed by atoms with Gasteiger partial charge >= 0.3 is 0 Å². The van der Waals surface area contributed by atoms with E-state index >= 15 is 0 Å². The van der Waals surface area contributed by atoms with Crippen molar-refractivity contribution in [3.05, 3.63) is 35.9 Å². The third kappa shape index (κ3) is 4.70. The Bertz CT molecular complexity index is 388. The van der Waals surface area contributed by atoms with E-state index in [0.717, 1.165) is 11.3 Å². The standard InChI is InChI=1S/C13H17NO3/c1-16-10-9-14-13(15)8-7-11-5-3-4-6-12(11)17-2/h3-8H,9-10H2,1-2H3,(H,14,15). The van der Waals surface area contributed by atoms with E-state index in [1.54, 1.807) is 20.3 Å². The third-order valence-electron chi connectivity index (χ3n) is 2.16. The highest BCUT2D eigenvalue weighted by atomic mass is 16.5. The molecule has 1 N–H and O–H groups in total. The zero-order chi connectivity index (χ0) is 12.5. The van der Waals surface area contributed by atoms with Crippen LogP contribution in [0.1, 0.15) is 5.56 Å². The molecule has 17 heavy (non-hydrogen) atoms. The molecule has 0 aliphatic rings. The van der Waals surface area contributed by atoms with Crippen molar-refractivity contribution < 1.29 is 14.3 Å². The van der Waals surface area contributed by atoms with Crippen LogP contribution in [-0.4, -0.2) is 33.3 Å². The average Bonchev–Trinajstić information content (AvgIpc) is 2.37. The summed E-state index contributed by atoms with van der Waals surface area (Å²) < 4.78 is 10.0. The van der Waals surface area contributed by atoms with Crippen LogP contribution in [0.4, 0.5) is 0 Å². The number of amides is 1. The van der Waals surface area contributed by atoms with Crippen LogP contribution in [0.5, 0.6) is 5.75 Å². The second-order valence-corrected chi connectivity index (χ2v) is 3.36. The van der Waals surface area contributed by atoms with Gasteiger partial charge < -0.3 is 14.8 Å². The summed E-state index contributed by atoms with van der Waals surface area (Å²) in [6, 6.07) is 7.51. The van der Waals surface area contributed by atoms with Crippen LogP contribution in [0.2, 0.25) is 0 Å². The molecule has 1 rings (SSSR count). The number of ether oxygens (including phenoxy) is 2. The summed E-state index contributed by atoms with van der Waals surface area (Å²) in [7, 11) is 3.20. The summed E-state index contributed by atoms with van der Waals surface area (Å²) in [5.74, 6) is 0.599. The minimum absolute atomic E-state index is 0.145. The summed E-state index contributed by atoms with van der Waals surface area (Å²) in [5.41, 5.74) is 0.872. The fourth-order valence-corrected chi connectivity index (χ4v) is 1.30. The lowest BCUT2D eigenvalue weighted by atomic mass is 10.2. The predicted octanol–water partition coefficient (Wildman–Crippen LogP) is 1.47. The van der Waals surface area contributed by atoms with E-state index in [4.69, 9.17) is 9.47 Å². The lowest BCUT2D eigenvalue weighted by molar-refractivity contribution is -0.116. The number of benzene rings is 1. The molecule has 4 heteroatoms. The minimum Gasteiger partial charge on any atom is -0.496 e. The molecule has 0 aliphatic heterocycles. The van der Waals surface area contributed by atoms with Gasteiger partial charge in [-0.25, -0.2) is 0 Å². The van der Waals surface area contributed by atoms with Crippen molar-refractivity contribution in [3.63, 3.8) is 0 Å². The highest BCUT2D eigenvalue weighted by molar-refractivity contribution is 5.92. The summed E-state index contributed by atoms with van der Waals surface area (Å²) >= 11 is 0. The number of rotatable bonds is 6. The molecular formula is C13H17NO3. The second kappa shape index (κ2) is 7.46. The van der Waals surface area contributed by atoms with Gasteiger partial charge in [-0.05, 0) is 12.1 Å². The molecule has 1 amide bonds. The van der Waals surface area contributed by atoms with Gasteiger partial charge in [-0.15, -0.1) is 0 Å². The smallest absolute Gasteiger partial charge is 0.244 e. The normalized spacial score (nSPS) is 10.5. The maximum Gasteiger partial charge on any atom is 0.244 e. The van der Waals surface area contributed by atoms with Crippen LogP contribution in [0.25, 0.3) is 6.08 Å². The van der Waals surface area contributed by atoms with Crippen LogP contribution in [0, 0.1) is 0 Å². The number of hydrogen-bond donors (Lipinski definition) is 1. The number of hydrogen-bond acceptors (Lipinski definition) is 3. The Kier molecular flexibility index (Phi) is 5.82. The molecule has 92 valence electrons. The first-order valence-electron chi connectivity index (χ1n) is 5.36. The van der Waals surface area contributed by atoms with E-state index in [2.05, 4.69) is 5.32 Å². The summed E-state index contributed by atoms with van der Waals surface area (Å²) in [6.45, 7) is 1.01. The minimum atomic E-state index is -0.145. The zero-order valence-corrected chi connectivity index (χ0v) is 10.1. The van der Waals surface area contributed by atoms with Gasteiger partial charge in [0.2, 0.25) is 5.91 Å². The number of para-hydroxylation sites is 1. The maximum absolute atomic E-state index is 11.4. The number of carbonyl (C=O) groups is 1. The lowest BCUT2D eigenvalue weighted by Crippen LogP contribution is -2.24. The largest absolute Gasteiger partial charge is 0.496 e. The molecule has 0 fully saturated rings. The molecule has 1 aromatic rings. The van der Waals surface area contributed by atoms with Gasteiger partial charge in [0, 0.05) is 25.3 Å². The van der Waals surface area contributed by atoms with Crippen LogP contribution in [0.3, 0.4) is 0 Å². The first-order valence-corrected chi connectivity index (χ1v) is 5.36. The molecular weight excluding hydrogens is 218 g/mol. The molecule has 0 saturated carbocycles. The number of carbonyl (C=O) groups excluding carboxylic acids is 1. The Morgan fingerprint density at radius 1 is 1.35 bits per heavy atom. The topological polar surface area (TPSA) is 47.6 Å². The van der Waals surface area contributed by atoms with Crippen LogP contribution >= 0.6 is 0 Å². The third-order valence-corrected chi connectivity index (χ3v) is 2.16. The molecule has 1 aromatic carbocycles. The van der Waals surface area contributed by atoms with Crippen LogP contribution in [0.15, 0.2) is 30.3 Å². The molecule has 0 saturated heterocycles. The second-order valence-electron chi connectivity index (χ2n) is 3.36. The van der Waals surface area contributed by atoms with Gasteiger partial charge in [0.05, 0.1) is 13.7 Å². The average molecular weight is 235 g/mol. The fraction of sp³-hybridized carbons (Fsp3) is 0.308. The maximum atomic E-state index is 11.4. The van der Waals surface area contributed by atoms with Crippen molar-refractivity contribution in [1.29, 1.82) is 0 Å². The molecule has 0 aliphatic carbocycles. The molecule has 0 bridgehead atoms. The predicted molar refractivity (Wildman–Crippen MR) is 66.9 cm³/mol. The summed E-state index contributed by atoms with van der Waals surface area (Å²) in [6.07, 6.45) is 3.20. The van der Waals surface area contributed by atoms with Crippen molar-refractivity contribution in [2.75, 3.05) is 27.4 Å². The summed E-state index contributed by atoms with van der Waals surface area (Å²) in [4.78, 5) is 11.4. The first kappa shape index (κ1) is 13.3. The van der Waals surface area contributed by atoms with Crippen molar-refractivity contribution in [2.45, 2.75) is 0 Å². The Balaban J connectivity index is 2.54. The molecule has 0 aromatic heterocycles. The highest BCUT2D eigenvalue weighted by Crippen LogP contribution is 2.18. The molecule has 0 atom stereocenters. The monoisotopic (exact) mass is 235 g/mol. The molecule has 0 spiro atoms. The Morgan fingerprint density at radius 2 is 2.12 bits per heavy atom. The van der Waals surface area contributed by atoms with Crippen molar-refractivity contribution in [3.8, 4) is 5.75 Å². The van der Waals surface area contributed by atoms with Crippen LogP contribution in [-0.2, 0) is 9.53 Å². The lowest BCUT2D eigenvalue weighted by Gasteiger charge is -2.03. The number of nitrogens with one attached hydrogen (secondary N) is 1.